The van der Waals surface area contributed by atoms with Gasteiger partial charge in [0.05, 0.1) is 23.6 Å². The minimum absolute atomic E-state index is 0.0406. The van der Waals surface area contributed by atoms with E-state index in [1.807, 2.05) is 58.1 Å². The highest BCUT2D eigenvalue weighted by Crippen LogP contribution is 2.44. The summed E-state index contributed by atoms with van der Waals surface area (Å²) in [4.78, 5) is 19.5. The number of piperidine rings is 1. The summed E-state index contributed by atoms with van der Waals surface area (Å²) < 4.78 is 8.10. The molecule has 1 saturated heterocycles. The van der Waals surface area contributed by atoms with Crippen molar-refractivity contribution in [2.75, 3.05) is 13.1 Å². The highest BCUT2D eigenvalue weighted by atomic mass is 16.5. The number of likely N-dealkylation sites (tertiary alicyclic amines) is 1. The molecule has 1 amide bonds. The van der Waals surface area contributed by atoms with E-state index in [4.69, 9.17) is 9.84 Å². The van der Waals surface area contributed by atoms with Crippen molar-refractivity contribution < 1.29 is 9.53 Å². The van der Waals surface area contributed by atoms with Gasteiger partial charge in [-0.2, -0.15) is 5.10 Å². The summed E-state index contributed by atoms with van der Waals surface area (Å²) in [5.74, 6) is -0.0406. The maximum absolute atomic E-state index is 13.5. The Morgan fingerprint density at radius 2 is 1.64 bits per heavy atom. The third-order valence-electron chi connectivity index (χ3n) is 6.78. The number of hydrogen-bond acceptors (Lipinski definition) is 4. The number of hydrogen-bond donors (Lipinski definition) is 0. The smallest absolute Gasteiger partial charge is 0.274 e. The number of nitrogens with zero attached hydrogens (tertiary/aromatic N) is 4. The molecule has 2 aromatic heterocycles. The van der Waals surface area contributed by atoms with E-state index >= 15 is 0 Å². The normalized spacial score (nSPS) is 16.7. The van der Waals surface area contributed by atoms with Gasteiger partial charge in [0, 0.05) is 31.0 Å². The minimum atomic E-state index is -0.265. The lowest BCUT2D eigenvalue weighted by molar-refractivity contribution is -0.0742. The van der Waals surface area contributed by atoms with Crippen LogP contribution >= 0.6 is 0 Å². The highest BCUT2D eigenvalue weighted by molar-refractivity contribution is 5.93. The first-order valence-corrected chi connectivity index (χ1v) is 11.3. The van der Waals surface area contributed by atoms with Crippen LogP contribution in [0.3, 0.4) is 0 Å². The first kappa shape index (κ1) is 19.9. The van der Waals surface area contributed by atoms with Gasteiger partial charge in [-0.1, -0.05) is 42.5 Å². The van der Waals surface area contributed by atoms with Gasteiger partial charge in [0.25, 0.3) is 5.91 Å². The standard InChI is InChI=1S/C27H24N4O2/c32-26(30-16-12-27(13-17-30)23-9-5-4-6-21(23)19-33-27)24-18-25(20-10-14-28-15-11-20)31(29-24)22-7-2-1-3-8-22/h1-11,14-15,18H,12-13,16-17,19H2. The lowest BCUT2D eigenvalue weighted by Crippen LogP contribution is -2.45. The Kier molecular flexibility index (Phi) is 4.80. The topological polar surface area (TPSA) is 60.2 Å². The number of aromatic nitrogens is 3. The summed E-state index contributed by atoms with van der Waals surface area (Å²) in [6.07, 6.45) is 5.10. The van der Waals surface area contributed by atoms with E-state index in [2.05, 4.69) is 29.2 Å². The van der Waals surface area contributed by atoms with Gasteiger partial charge in [-0.15, -0.1) is 0 Å². The van der Waals surface area contributed by atoms with E-state index in [0.29, 0.717) is 25.4 Å². The van der Waals surface area contributed by atoms with Gasteiger partial charge < -0.3 is 9.64 Å². The van der Waals surface area contributed by atoms with Crippen molar-refractivity contribution in [1.82, 2.24) is 19.7 Å². The lowest BCUT2D eigenvalue weighted by atomic mass is 9.84. The molecule has 2 aromatic carbocycles. The van der Waals surface area contributed by atoms with Crippen LogP contribution in [0.1, 0.15) is 34.5 Å². The molecule has 0 N–H and O–H groups in total. The average Bonchev–Trinajstić information content (AvgIpc) is 3.48. The third-order valence-corrected chi connectivity index (χ3v) is 6.78. The molecule has 2 aliphatic rings. The molecule has 6 nitrogen and oxygen atoms in total. The lowest BCUT2D eigenvalue weighted by Gasteiger charge is -2.39. The number of fused-ring (bicyclic) bond motifs is 2. The molecule has 6 heteroatoms. The molecule has 0 atom stereocenters. The fourth-order valence-electron chi connectivity index (χ4n) is 5.01. The molecular formula is C27H24N4O2. The fourth-order valence-corrected chi connectivity index (χ4v) is 5.01. The zero-order valence-electron chi connectivity index (χ0n) is 18.2. The van der Waals surface area contributed by atoms with Gasteiger partial charge in [0.2, 0.25) is 0 Å². The van der Waals surface area contributed by atoms with E-state index in [1.54, 1.807) is 12.4 Å². The Bertz CT molecular complexity index is 1240. The van der Waals surface area contributed by atoms with Crippen LogP contribution in [-0.4, -0.2) is 38.7 Å². The van der Waals surface area contributed by atoms with E-state index in [0.717, 1.165) is 29.8 Å². The Labute approximate surface area is 192 Å². The quantitative estimate of drug-likeness (QED) is 0.471. The number of carbonyl (C=O) groups excluding carboxylic acids is 1. The molecule has 2 aliphatic heterocycles. The predicted octanol–water partition coefficient (Wildman–Crippen LogP) is 4.60. The molecular weight excluding hydrogens is 412 g/mol. The van der Waals surface area contributed by atoms with Crippen LogP contribution in [0.25, 0.3) is 16.9 Å². The van der Waals surface area contributed by atoms with E-state index in [-0.39, 0.29) is 11.5 Å². The van der Waals surface area contributed by atoms with Crippen LogP contribution in [0.15, 0.2) is 85.2 Å². The Morgan fingerprint density at radius 3 is 2.42 bits per heavy atom. The zero-order valence-corrected chi connectivity index (χ0v) is 18.2. The molecule has 0 saturated carbocycles. The summed E-state index contributed by atoms with van der Waals surface area (Å²) in [5.41, 5.74) is 5.49. The largest absolute Gasteiger partial charge is 0.365 e. The van der Waals surface area contributed by atoms with Crippen LogP contribution in [0.4, 0.5) is 0 Å². The first-order valence-electron chi connectivity index (χ1n) is 11.3. The first-order chi connectivity index (χ1) is 16.2. The van der Waals surface area contributed by atoms with Crippen LogP contribution in [0, 0.1) is 0 Å². The molecule has 164 valence electrons. The summed E-state index contributed by atoms with van der Waals surface area (Å²) >= 11 is 0. The number of amides is 1. The van der Waals surface area contributed by atoms with Crippen LogP contribution in [0.5, 0.6) is 0 Å². The maximum atomic E-state index is 13.5. The summed E-state index contributed by atoms with van der Waals surface area (Å²) in [7, 11) is 0. The van der Waals surface area contributed by atoms with Crippen LogP contribution in [-0.2, 0) is 16.9 Å². The second-order valence-corrected chi connectivity index (χ2v) is 8.63. The van der Waals surface area contributed by atoms with Crippen molar-refractivity contribution in [3.05, 3.63) is 102 Å². The van der Waals surface area contributed by atoms with Gasteiger partial charge in [-0.3, -0.25) is 9.78 Å². The molecule has 0 aliphatic carbocycles. The van der Waals surface area contributed by atoms with Crippen LogP contribution < -0.4 is 0 Å². The number of benzene rings is 2. The van der Waals surface area contributed by atoms with E-state index in [1.165, 1.54) is 11.1 Å². The van der Waals surface area contributed by atoms with Crippen LogP contribution in [0.2, 0.25) is 0 Å². The Hall–Kier alpha value is -3.77. The van der Waals surface area contributed by atoms with Gasteiger partial charge in [-0.05, 0) is 54.3 Å². The number of rotatable bonds is 3. The molecule has 33 heavy (non-hydrogen) atoms. The zero-order chi connectivity index (χ0) is 22.3. The minimum Gasteiger partial charge on any atom is -0.365 e. The van der Waals surface area contributed by atoms with Crippen molar-refractivity contribution in [3.63, 3.8) is 0 Å². The molecule has 4 heterocycles. The molecule has 6 rings (SSSR count). The number of pyridine rings is 1. The summed E-state index contributed by atoms with van der Waals surface area (Å²) in [6.45, 7) is 1.95. The fraction of sp³-hybridized carbons (Fsp3) is 0.222. The molecule has 1 spiro atoms. The Balaban J connectivity index is 1.28. The molecule has 0 bridgehead atoms. The second-order valence-electron chi connectivity index (χ2n) is 8.63. The van der Waals surface area contributed by atoms with Gasteiger partial charge in [0.1, 0.15) is 0 Å². The third kappa shape index (κ3) is 3.43. The number of carbonyl (C=O) groups is 1. The van der Waals surface area contributed by atoms with Gasteiger partial charge >= 0.3 is 0 Å². The number of para-hydroxylation sites is 1. The molecule has 0 radical (unpaired) electrons. The van der Waals surface area contributed by atoms with E-state index in [9.17, 15) is 4.79 Å². The monoisotopic (exact) mass is 436 g/mol. The molecule has 1 fully saturated rings. The van der Waals surface area contributed by atoms with Gasteiger partial charge in [0.15, 0.2) is 5.69 Å². The van der Waals surface area contributed by atoms with Crippen molar-refractivity contribution in [3.8, 4) is 16.9 Å². The molecule has 0 unspecified atom stereocenters. The number of ether oxygens (including phenoxy) is 1. The molecule has 4 aromatic rings. The average molecular weight is 437 g/mol. The summed E-state index contributed by atoms with van der Waals surface area (Å²) in [6, 6.07) is 24.1. The predicted molar refractivity (Wildman–Crippen MR) is 125 cm³/mol. The van der Waals surface area contributed by atoms with Crippen molar-refractivity contribution in [2.24, 2.45) is 0 Å². The maximum Gasteiger partial charge on any atom is 0.274 e. The van der Waals surface area contributed by atoms with Crippen molar-refractivity contribution in [2.45, 2.75) is 25.0 Å². The van der Waals surface area contributed by atoms with Crippen molar-refractivity contribution >= 4 is 5.91 Å². The second kappa shape index (κ2) is 7.98. The SMILES string of the molecule is O=C(c1cc(-c2ccncc2)n(-c2ccccc2)n1)N1CCC2(CC1)OCc1ccccc12. The van der Waals surface area contributed by atoms with Crippen molar-refractivity contribution in [1.29, 1.82) is 0 Å². The highest BCUT2D eigenvalue weighted by Gasteiger charge is 2.43. The summed E-state index contributed by atoms with van der Waals surface area (Å²) in [5, 5.41) is 4.73. The van der Waals surface area contributed by atoms with Gasteiger partial charge in [-0.25, -0.2) is 4.68 Å². The van der Waals surface area contributed by atoms with E-state index < -0.39 is 0 Å². The Morgan fingerprint density at radius 1 is 0.909 bits per heavy atom.